The Hall–Kier alpha value is -3.93. The molecule has 0 aliphatic rings. The molecule has 0 aliphatic heterocycles. The molecule has 1 aromatic carbocycles. The van der Waals surface area contributed by atoms with Gasteiger partial charge in [-0.1, -0.05) is 35.5 Å². The number of pyridine rings is 2. The van der Waals surface area contributed by atoms with Gasteiger partial charge < -0.3 is 13.8 Å². The standard InChI is InChI=1S/C25H22N4O2/c1-15-23(16(2)31-28-15)20-14-22-19(13-21(29(22)3)17-9-6-5-7-10-17)24(27-20)18-11-8-12-26-25(18)30-4/h5-14H,1-4H3. The van der Waals surface area contributed by atoms with Crippen LogP contribution in [0.15, 0.2) is 65.3 Å². The van der Waals surface area contributed by atoms with Crippen molar-refractivity contribution in [2.45, 2.75) is 13.8 Å². The largest absolute Gasteiger partial charge is 0.481 e. The summed E-state index contributed by atoms with van der Waals surface area (Å²) in [5.74, 6) is 1.28. The van der Waals surface area contributed by atoms with Crippen LogP contribution in [-0.2, 0) is 7.05 Å². The van der Waals surface area contributed by atoms with E-state index in [1.807, 2.05) is 44.2 Å². The number of aryl methyl sites for hydroxylation is 3. The molecule has 5 rings (SSSR count). The van der Waals surface area contributed by atoms with E-state index < -0.39 is 0 Å². The number of aromatic nitrogens is 4. The van der Waals surface area contributed by atoms with Gasteiger partial charge in [-0.25, -0.2) is 9.97 Å². The van der Waals surface area contributed by atoms with Crippen LogP contribution in [0.4, 0.5) is 0 Å². The molecule has 5 aromatic rings. The Bertz CT molecular complexity index is 1380. The van der Waals surface area contributed by atoms with Crippen molar-refractivity contribution >= 4 is 10.9 Å². The Morgan fingerprint density at radius 3 is 2.52 bits per heavy atom. The average Bonchev–Trinajstić information content (AvgIpc) is 3.32. The Kier molecular flexibility index (Phi) is 4.55. The van der Waals surface area contributed by atoms with Gasteiger partial charge in [-0.2, -0.15) is 0 Å². The van der Waals surface area contributed by atoms with E-state index >= 15 is 0 Å². The zero-order valence-corrected chi connectivity index (χ0v) is 17.9. The molecule has 0 spiro atoms. The molecule has 0 fully saturated rings. The van der Waals surface area contributed by atoms with E-state index in [2.05, 4.69) is 46.0 Å². The van der Waals surface area contributed by atoms with E-state index in [1.54, 1.807) is 13.3 Å². The van der Waals surface area contributed by atoms with Crippen LogP contribution in [0.5, 0.6) is 5.88 Å². The molecule has 0 bridgehead atoms. The zero-order valence-electron chi connectivity index (χ0n) is 17.9. The monoisotopic (exact) mass is 410 g/mol. The molecule has 4 heterocycles. The van der Waals surface area contributed by atoms with E-state index in [4.69, 9.17) is 14.2 Å². The average molecular weight is 410 g/mol. The minimum atomic E-state index is 0.539. The number of fused-ring (bicyclic) bond motifs is 1. The first-order valence-corrected chi connectivity index (χ1v) is 10.1. The van der Waals surface area contributed by atoms with Crippen LogP contribution in [0, 0.1) is 13.8 Å². The highest BCUT2D eigenvalue weighted by atomic mass is 16.5. The second-order valence-corrected chi connectivity index (χ2v) is 7.50. The van der Waals surface area contributed by atoms with Crippen molar-refractivity contribution in [3.63, 3.8) is 0 Å². The second kappa shape index (κ2) is 7.40. The van der Waals surface area contributed by atoms with Crippen LogP contribution in [0.2, 0.25) is 0 Å². The maximum atomic E-state index is 5.56. The van der Waals surface area contributed by atoms with Gasteiger partial charge >= 0.3 is 0 Å². The molecule has 0 aliphatic carbocycles. The third-order valence-electron chi connectivity index (χ3n) is 5.62. The molecule has 0 unspecified atom stereocenters. The molecule has 0 saturated heterocycles. The lowest BCUT2D eigenvalue weighted by Crippen LogP contribution is -1.97. The molecule has 4 aromatic heterocycles. The van der Waals surface area contributed by atoms with Crippen molar-refractivity contribution in [2.24, 2.45) is 7.05 Å². The zero-order chi connectivity index (χ0) is 21.5. The Morgan fingerprint density at radius 1 is 1.00 bits per heavy atom. The van der Waals surface area contributed by atoms with E-state index in [-0.39, 0.29) is 0 Å². The predicted octanol–water partition coefficient (Wildman–Crippen LogP) is 5.58. The number of nitrogens with zero attached hydrogens (tertiary/aromatic N) is 4. The summed E-state index contributed by atoms with van der Waals surface area (Å²) in [6.45, 7) is 3.84. The summed E-state index contributed by atoms with van der Waals surface area (Å²) in [6.07, 6.45) is 1.72. The van der Waals surface area contributed by atoms with Gasteiger partial charge in [0.1, 0.15) is 5.76 Å². The minimum Gasteiger partial charge on any atom is -0.481 e. The SMILES string of the molecule is COc1ncccc1-c1nc(-c2c(C)noc2C)cc2c1cc(-c1ccccc1)n2C. The summed E-state index contributed by atoms with van der Waals surface area (Å²) in [5, 5.41) is 5.16. The normalized spacial score (nSPS) is 11.2. The number of methoxy groups -OCH3 is 1. The lowest BCUT2D eigenvalue weighted by atomic mass is 10.0. The smallest absolute Gasteiger partial charge is 0.222 e. The molecule has 0 amide bonds. The van der Waals surface area contributed by atoms with Crippen molar-refractivity contribution in [3.8, 4) is 39.7 Å². The van der Waals surface area contributed by atoms with Gasteiger partial charge in [0.2, 0.25) is 5.88 Å². The molecule has 0 atom stereocenters. The molecular formula is C25H22N4O2. The molecule has 6 nitrogen and oxygen atoms in total. The van der Waals surface area contributed by atoms with Gasteiger partial charge in [0.25, 0.3) is 0 Å². The molecule has 0 N–H and O–H groups in total. The Labute approximate surface area is 180 Å². The first-order valence-electron chi connectivity index (χ1n) is 10.1. The predicted molar refractivity (Wildman–Crippen MR) is 121 cm³/mol. The quantitative estimate of drug-likeness (QED) is 0.387. The second-order valence-electron chi connectivity index (χ2n) is 7.50. The first kappa shape index (κ1) is 19.1. The number of hydrogen-bond donors (Lipinski definition) is 0. The van der Waals surface area contributed by atoms with Gasteiger partial charge in [-0.05, 0) is 43.7 Å². The summed E-state index contributed by atoms with van der Waals surface area (Å²) in [6, 6.07) is 18.5. The summed E-state index contributed by atoms with van der Waals surface area (Å²) in [7, 11) is 3.70. The van der Waals surface area contributed by atoms with Crippen molar-refractivity contribution in [2.75, 3.05) is 7.11 Å². The summed E-state index contributed by atoms with van der Waals surface area (Å²) in [4.78, 5) is 9.45. The minimum absolute atomic E-state index is 0.539. The highest BCUT2D eigenvalue weighted by molar-refractivity contribution is 6.00. The number of benzene rings is 1. The van der Waals surface area contributed by atoms with E-state index in [1.165, 1.54) is 0 Å². The maximum absolute atomic E-state index is 5.56. The van der Waals surface area contributed by atoms with Crippen LogP contribution in [0.25, 0.3) is 44.7 Å². The van der Waals surface area contributed by atoms with Crippen LogP contribution in [0.1, 0.15) is 11.5 Å². The summed E-state index contributed by atoms with van der Waals surface area (Å²) in [5.41, 5.74) is 7.50. The van der Waals surface area contributed by atoms with Gasteiger partial charge in [-0.3, -0.25) is 0 Å². The first-order chi connectivity index (χ1) is 15.1. The van der Waals surface area contributed by atoms with Crippen LogP contribution < -0.4 is 4.74 Å². The highest BCUT2D eigenvalue weighted by Crippen LogP contribution is 2.39. The fourth-order valence-electron chi connectivity index (χ4n) is 4.13. The molecule has 154 valence electrons. The van der Waals surface area contributed by atoms with Gasteiger partial charge in [-0.15, -0.1) is 0 Å². The highest BCUT2D eigenvalue weighted by Gasteiger charge is 2.21. The van der Waals surface area contributed by atoms with Crippen molar-refractivity contribution in [3.05, 3.63) is 72.2 Å². The van der Waals surface area contributed by atoms with Crippen molar-refractivity contribution in [1.82, 2.24) is 19.7 Å². The Morgan fingerprint density at radius 2 is 1.81 bits per heavy atom. The fraction of sp³-hybridized carbons (Fsp3) is 0.160. The summed E-state index contributed by atoms with van der Waals surface area (Å²) >= 11 is 0. The number of ether oxygens (including phenoxy) is 1. The molecular weight excluding hydrogens is 388 g/mol. The van der Waals surface area contributed by atoms with Gasteiger partial charge in [0, 0.05) is 24.3 Å². The third-order valence-corrected chi connectivity index (χ3v) is 5.62. The van der Waals surface area contributed by atoms with Crippen LogP contribution in [0.3, 0.4) is 0 Å². The van der Waals surface area contributed by atoms with E-state index in [0.717, 1.165) is 56.1 Å². The van der Waals surface area contributed by atoms with Crippen molar-refractivity contribution < 1.29 is 9.26 Å². The van der Waals surface area contributed by atoms with Crippen LogP contribution in [-0.4, -0.2) is 26.8 Å². The van der Waals surface area contributed by atoms with Crippen LogP contribution >= 0.6 is 0 Å². The lowest BCUT2D eigenvalue weighted by molar-refractivity contribution is 0.393. The molecule has 0 saturated carbocycles. The fourth-order valence-corrected chi connectivity index (χ4v) is 4.13. The number of rotatable bonds is 4. The third kappa shape index (κ3) is 3.08. The topological polar surface area (TPSA) is 66.0 Å². The van der Waals surface area contributed by atoms with E-state index in [9.17, 15) is 0 Å². The van der Waals surface area contributed by atoms with Gasteiger partial charge in [0.15, 0.2) is 0 Å². The van der Waals surface area contributed by atoms with E-state index in [0.29, 0.717) is 5.88 Å². The van der Waals surface area contributed by atoms with Gasteiger partial charge in [0.05, 0.1) is 40.8 Å². The summed E-state index contributed by atoms with van der Waals surface area (Å²) < 4.78 is 13.2. The lowest BCUT2D eigenvalue weighted by Gasteiger charge is -2.11. The molecule has 6 heteroatoms. The Balaban J connectivity index is 1.87. The molecule has 0 radical (unpaired) electrons. The molecule has 31 heavy (non-hydrogen) atoms. The maximum Gasteiger partial charge on any atom is 0.222 e. The van der Waals surface area contributed by atoms with Crippen molar-refractivity contribution in [1.29, 1.82) is 0 Å². The number of hydrogen-bond acceptors (Lipinski definition) is 5.